The van der Waals surface area contributed by atoms with Crippen molar-refractivity contribution in [2.45, 2.75) is 6.42 Å². The van der Waals surface area contributed by atoms with Crippen LogP contribution in [0, 0.1) is 5.82 Å². The Hall–Kier alpha value is -2.69. The topological polar surface area (TPSA) is 45.8 Å². The Bertz CT molecular complexity index is 1150. The summed E-state index contributed by atoms with van der Waals surface area (Å²) in [6.07, 6.45) is 0.242. The number of hydrogen-bond donors (Lipinski definition) is 1. The maximum atomic E-state index is 14.1. The number of rotatable bonds is 4. The summed E-state index contributed by atoms with van der Waals surface area (Å²) in [5, 5.41) is 0.863. The minimum atomic E-state index is -0.459. The van der Waals surface area contributed by atoms with Gasteiger partial charge in [-0.1, -0.05) is 41.4 Å². The Morgan fingerprint density at radius 3 is 2.63 bits per heavy atom. The van der Waals surface area contributed by atoms with Crippen molar-refractivity contribution in [1.29, 1.82) is 0 Å². The molecule has 3 aromatic carbocycles. The summed E-state index contributed by atoms with van der Waals surface area (Å²) in [6.45, 7) is 0. The zero-order chi connectivity index (χ0) is 19.0. The molecule has 0 saturated carbocycles. The van der Waals surface area contributed by atoms with Crippen molar-refractivity contribution in [2.24, 2.45) is 0 Å². The molecule has 0 fully saturated rings. The number of carbonyl (C=O) groups is 1. The lowest BCUT2D eigenvalue weighted by atomic mass is 10.0. The molecule has 0 aliphatic heterocycles. The fraction of sp³-hybridized carbons (Fsp3) is 0.0476. The van der Waals surface area contributed by atoms with Crippen LogP contribution in [0.5, 0.6) is 0 Å². The number of nitrogens with one attached hydrogen (secondary N) is 1. The normalized spacial score (nSPS) is 11.1. The van der Waals surface area contributed by atoms with E-state index in [1.165, 1.54) is 12.1 Å². The second-order valence-corrected chi connectivity index (χ2v) is 6.99. The van der Waals surface area contributed by atoms with Crippen LogP contribution in [0.4, 0.5) is 4.39 Å². The van der Waals surface area contributed by atoms with E-state index in [0.717, 1.165) is 5.56 Å². The predicted molar refractivity (Wildman–Crippen MR) is 106 cm³/mol. The van der Waals surface area contributed by atoms with Crippen molar-refractivity contribution >= 4 is 40.0 Å². The van der Waals surface area contributed by atoms with Crippen molar-refractivity contribution in [1.82, 2.24) is 9.97 Å². The third-order valence-corrected chi connectivity index (χ3v) is 4.81. The van der Waals surface area contributed by atoms with Crippen LogP contribution in [-0.2, 0) is 6.42 Å². The number of carbonyl (C=O) groups excluding carboxylic acids is 1. The van der Waals surface area contributed by atoms with Gasteiger partial charge in [0.25, 0.3) is 0 Å². The fourth-order valence-electron chi connectivity index (χ4n) is 2.96. The lowest BCUT2D eigenvalue weighted by Crippen LogP contribution is -2.03. The first-order valence-corrected chi connectivity index (χ1v) is 8.98. The van der Waals surface area contributed by atoms with Gasteiger partial charge in [-0.2, -0.15) is 0 Å². The van der Waals surface area contributed by atoms with Gasteiger partial charge in [0.05, 0.1) is 21.6 Å². The average Bonchev–Trinajstić information content (AvgIpc) is 3.04. The molecule has 0 aliphatic carbocycles. The number of Topliss-reactive ketones (excluding diaryl/α,β-unsaturated/α-hetero) is 1. The van der Waals surface area contributed by atoms with Gasteiger partial charge in [-0.05, 0) is 48.0 Å². The summed E-state index contributed by atoms with van der Waals surface area (Å²) >= 11 is 12.1. The maximum absolute atomic E-state index is 14.1. The Kier molecular flexibility index (Phi) is 4.68. The molecule has 1 N–H and O–H groups in total. The summed E-state index contributed by atoms with van der Waals surface area (Å²) in [6, 6.07) is 16.8. The Labute approximate surface area is 164 Å². The van der Waals surface area contributed by atoms with E-state index in [2.05, 4.69) is 9.97 Å². The molecule has 0 bridgehead atoms. The number of imidazole rings is 1. The lowest BCUT2D eigenvalue weighted by Gasteiger charge is -2.02. The second kappa shape index (κ2) is 7.14. The molecular formula is C21H13Cl2FN2O. The quantitative estimate of drug-likeness (QED) is 0.422. The summed E-state index contributed by atoms with van der Waals surface area (Å²) in [7, 11) is 0. The van der Waals surface area contributed by atoms with E-state index in [-0.39, 0.29) is 22.8 Å². The number of aromatic amines is 1. The van der Waals surface area contributed by atoms with Crippen molar-refractivity contribution in [3.63, 3.8) is 0 Å². The van der Waals surface area contributed by atoms with Gasteiger partial charge < -0.3 is 4.98 Å². The molecule has 0 amide bonds. The summed E-state index contributed by atoms with van der Waals surface area (Å²) in [5.74, 6) is -0.175. The van der Waals surface area contributed by atoms with Crippen LogP contribution in [0.1, 0.15) is 15.9 Å². The molecule has 4 aromatic rings. The third kappa shape index (κ3) is 3.59. The minimum Gasteiger partial charge on any atom is -0.338 e. The lowest BCUT2D eigenvalue weighted by molar-refractivity contribution is 0.0993. The van der Waals surface area contributed by atoms with Crippen LogP contribution in [0.15, 0.2) is 60.7 Å². The molecule has 27 heavy (non-hydrogen) atoms. The van der Waals surface area contributed by atoms with Crippen LogP contribution in [0.25, 0.3) is 22.4 Å². The van der Waals surface area contributed by atoms with Gasteiger partial charge in [-0.15, -0.1) is 0 Å². The van der Waals surface area contributed by atoms with E-state index >= 15 is 0 Å². The van der Waals surface area contributed by atoms with Crippen LogP contribution in [0.3, 0.4) is 0 Å². The molecule has 3 nitrogen and oxygen atoms in total. The highest BCUT2D eigenvalue weighted by atomic mass is 35.5. The standard InChI is InChI=1S/C21H13Cl2FN2O/c22-14-4-1-3-12(9-14)10-19(27)13-7-8-17-18(11-13)26-21(25-17)20-15(23)5-2-6-16(20)24/h1-9,11H,10H2,(H,25,26). The number of hydrogen-bond acceptors (Lipinski definition) is 2. The second-order valence-electron chi connectivity index (χ2n) is 6.14. The molecule has 0 spiro atoms. The van der Waals surface area contributed by atoms with E-state index in [9.17, 15) is 9.18 Å². The van der Waals surface area contributed by atoms with E-state index in [1.807, 2.05) is 12.1 Å². The first-order chi connectivity index (χ1) is 13.0. The molecule has 0 radical (unpaired) electrons. The highest BCUT2D eigenvalue weighted by Gasteiger charge is 2.15. The number of benzene rings is 3. The number of ketones is 1. The molecule has 4 rings (SSSR count). The van der Waals surface area contributed by atoms with Gasteiger partial charge in [-0.25, -0.2) is 9.37 Å². The van der Waals surface area contributed by atoms with Gasteiger partial charge in [0, 0.05) is 17.0 Å². The molecule has 0 atom stereocenters. The van der Waals surface area contributed by atoms with Gasteiger partial charge >= 0.3 is 0 Å². The van der Waals surface area contributed by atoms with Crippen molar-refractivity contribution in [3.05, 3.63) is 87.7 Å². The SMILES string of the molecule is O=C(Cc1cccc(Cl)c1)c1ccc2nc(-c3c(F)cccc3Cl)[nH]c2c1. The Morgan fingerprint density at radius 1 is 1.04 bits per heavy atom. The minimum absolute atomic E-state index is 0.0424. The first-order valence-electron chi connectivity index (χ1n) is 8.23. The number of nitrogens with zero attached hydrogens (tertiary/aromatic N) is 1. The monoisotopic (exact) mass is 398 g/mol. The summed E-state index contributed by atoms with van der Waals surface area (Å²) in [4.78, 5) is 20.0. The molecule has 0 unspecified atom stereocenters. The highest BCUT2D eigenvalue weighted by Crippen LogP contribution is 2.30. The number of aromatic nitrogens is 2. The van der Waals surface area contributed by atoms with E-state index in [4.69, 9.17) is 23.2 Å². The molecule has 1 aromatic heterocycles. The number of halogens is 3. The maximum Gasteiger partial charge on any atom is 0.167 e. The molecule has 6 heteroatoms. The fourth-order valence-corrected chi connectivity index (χ4v) is 3.43. The third-order valence-electron chi connectivity index (χ3n) is 4.26. The van der Waals surface area contributed by atoms with E-state index < -0.39 is 5.82 Å². The summed E-state index contributed by atoms with van der Waals surface area (Å²) in [5.41, 5.74) is 2.86. The largest absolute Gasteiger partial charge is 0.338 e. The van der Waals surface area contributed by atoms with Gasteiger partial charge in [0.1, 0.15) is 11.6 Å². The van der Waals surface area contributed by atoms with Gasteiger partial charge in [-0.3, -0.25) is 4.79 Å². The van der Waals surface area contributed by atoms with Crippen molar-refractivity contribution < 1.29 is 9.18 Å². The average molecular weight is 399 g/mol. The van der Waals surface area contributed by atoms with Crippen LogP contribution in [-0.4, -0.2) is 15.8 Å². The number of fused-ring (bicyclic) bond motifs is 1. The molecular weight excluding hydrogens is 386 g/mol. The predicted octanol–water partition coefficient (Wildman–Crippen LogP) is 6.10. The molecule has 0 aliphatic rings. The molecule has 0 saturated heterocycles. The number of H-pyrrole nitrogens is 1. The van der Waals surface area contributed by atoms with Crippen LogP contribution >= 0.6 is 23.2 Å². The zero-order valence-electron chi connectivity index (χ0n) is 14.0. The molecule has 134 valence electrons. The summed E-state index contributed by atoms with van der Waals surface area (Å²) < 4.78 is 14.1. The van der Waals surface area contributed by atoms with Crippen molar-refractivity contribution in [2.75, 3.05) is 0 Å². The van der Waals surface area contributed by atoms with Crippen LogP contribution in [0.2, 0.25) is 10.0 Å². The molecule has 1 heterocycles. The van der Waals surface area contributed by atoms with Gasteiger partial charge in [0.15, 0.2) is 5.78 Å². The van der Waals surface area contributed by atoms with Crippen LogP contribution < -0.4 is 0 Å². The Morgan fingerprint density at radius 2 is 1.85 bits per heavy atom. The van der Waals surface area contributed by atoms with Crippen molar-refractivity contribution in [3.8, 4) is 11.4 Å². The smallest absolute Gasteiger partial charge is 0.167 e. The van der Waals surface area contributed by atoms with Gasteiger partial charge in [0.2, 0.25) is 0 Å². The van der Waals surface area contributed by atoms with E-state index in [1.54, 1.807) is 36.4 Å². The highest BCUT2D eigenvalue weighted by molar-refractivity contribution is 6.33. The Balaban J connectivity index is 1.68. The first kappa shape index (κ1) is 17.7. The zero-order valence-corrected chi connectivity index (χ0v) is 15.5. The van der Waals surface area contributed by atoms with E-state index in [0.29, 0.717) is 27.4 Å².